The van der Waals surface area contributed by atoms with Crippen molar-refractivity contribution < 1.29 is 17.7 Å². The van der Waals surface area contributed by atoms with Gasteiger partial charge in [-0.1, -0.05) is 35.0 Å². The Bertz CT molecular complexity index is 1090. The normalized spacial score (nSPS) is 11.6. The summed E-state index contributed by atoms with van der Waals surface area (Å²) in [5.41, 5.74) is 3.55. The minimum atomic E-state index is -3.79. The number of benzene rings is 2. The first-order valence-corrected chi connectivity index (χ1v) is 10.5. The lowest BCUT2D eigenvalue weighted by atomic mass is 10.1. The van der Waals surface area contributed by atoms with Crippen LogP contribution in [-0.2, 0) is 21.4 Å². The van der Waals surface area contributed by atoms with E-state index >= 15 is 0 Å². The van der Waals surface area contributed by atoms with Crippen LogP contribution in [-0.4, -0.2) is 37.4 Å². The molecule has 3 rings (SSSR count). The van der Waals surface area contributed by atoms with Gasteiger partial charge in [0.2, 0.25) is 15.9 Å². The Balaban J connectivity index is 1.62. The summed E-state index contributed by atoms with van der Waals surface area (Å²) in [5.74, 6) is 0.195. The second-order valence-electron chi connectivity index (χ2n) is 6.88. The second kappa shape index (κ2) is 8.59. The highest BCUT2D eigenvalue weighted by Crippen LogP contribution is 2.23. The summed E-state index contributed by atoms with van der Waals surface area (Å²) in [6, 6.07) is 15.8. The zero-order valence-corrected chi connectivity index (χ0v) is 17.4. The summed E-state index contributed by atoms with van der Waals surface area (Å²) in [5, 5.41) is 6.56. The molecule has 0 aliphatic heterocycles. The molecule has 7 nitrogen and oxygen atoms in total. The summed E-state index contributed by atoms with van der Waals surface area (Å²) in [7, 11) is -2.41. The van der Waals surface area contributed by atoms with Crippen LogP contribution >= 0.6 is 0 Å². The number of carbonyl (C=O) groups is 1. The largest absolute Gasteiger partial charge is 0.356 e. The number of amides is 1. The zero-order valence-electron chi connectivity index (χ0n) is 16.5. The van der Waals surface area contributed by atoms with Crippen LogP contribution in [0.15, 0.2) is 64.0 Å². The fourth-order valence-electron chi connectivity index (χ4n) is 2.72. The van der Waals surface area contributed by atoms with Crippen LogP contribution in [0.4, 0.5) is 0 Å². The van der Waals surface area contributed by atoms with Crippen LogP contribution in [0, 0.1) is 13.8 Å². The molecule has 0 atom stereocenters. The molecular weight excluding hydrogens is 390 g/mol. The van der Waals surface area contributed by atoms with E-state index in [2.05, 4.69) is 10.5 Å². The van der Waals surface area contributed by atoms with E-state index in [-0.39, 0.29) is 17.3 Å². The predicted molar refractivity (Wildman–Crippen MR) is 110 cm³/mol. The van der Waals surface area contributed by atoms with Gasteiger partial charge in [0, 0.05) is 25.2 Å². The molecule has 3 aromatic rings. The summed E-state index contributed by atoms with van der Waals surface area (Å²) >= 11 is 0. The van der Waals surface area contributed by atoms with Crippen LogP contribution in [0.3, 0.4) is 0 Å². The molecule has 1 amide bonds. The first-order valence-electron chi connectivity index (χ1n) is 9.08. The van der Waals surface area contributed by atoms with Gasteiger partial charge < -0.3 is 9.84 Å². The highest BCUT2D eigenvalue weighted by Gasteiger charge is 2.23. The van der Waals surface area contributed by atoms with Crippen molar-refractivity contribution in [3.05, 3.63) is 71.4 Å². The summed E-state index contributed by atoms with van der Waals surface area (Å²) in [6.07, 6.45) is 0. The average molecular weight is 413 g/mol. The number of hydrogen-bond acceptors (Lipinski definition) is 5. The molecule has 0 spiro atoms. The van der Waals surface area contributed by atoms with Crippen molar-refractivity contribution in [2.75, 3.05) is 13.6 Å². The van der Waals surface area contributed by atoms with E-state index in [0.717, 1.165) is 26.7 Å². The molecule has 0 unspecified atom stereocenters. The molecule has 0 saturated carbocycles. The average Bonchev–Trinajstić information content (AvgIpc) is 3.14. The van der Waals surface area contributed by atoms with E-state index in [9.17, 15) is 13.2 Å². The molecule has 0 radical (unpaired) electrons. The van der Waals surface area contributed by atoms with Gasteiger partial charge in [-0.3, -0.25) is 4.79 Å². The Morgan fingerprint density at radius 1 is 1.07 bits per heavy atom. The fraction of sp³-hybridized carbons (Fsp3) is 0.238. The van der Waals surface area contributed by atoms with Crippen LogP contribution in [0.1, 0.15) is 16.8 Å². The number of sulfonamides is 1. The first-order chi connectivity index (χ1) is 13.8. The molecule has 0 aliphatic rings. The van der Waals surface area contributed by atoms with Crippen LogP contribution in [0.25, 0.3) is 11.3 Å². The second-order valence-corrected chi connectivity index (χ2v) is 8.93. The summed E-state index contributed by atoms with van der Waals surface area (Å²) < 4.78 is 31.7. The van der Waals surface area contributed by atoms with Gasteiger partial charge in [-0.25, -0.2) is 8.42 Å². The maximum Gasteiger partial charge on any atom is 0.243 e. The Labute approximate surface area is 170 Å². The maximum atomic E-state index is 12.7. The molecule has 152 valence electrons. The van der Waals surface area contributed by atoms with Crippen molar-refractivity contribution in [2.45, 2.75) is 25.3 Å². The van der Waals surface area contributed by atoms with E-state index in [1.165, 1.54) is 19.2 Å². The zero-order chi connectivity index (χ0) is 21.0. The standard InChI is InChI=1S/C21H23N3O4S/c1-15-4-6-17(7-5-15)13-22-21(25)14-24(3)29(26,27)19-10-8-18(9-11-19)20-12-16(2)23-28-20/h4-12H,13-14H2,1-3H3,(H,22,25). The topological polar surface area (TPSA) is 92.5 Å². The first kappa shape index (κ1) is 20.8. The van der Waals surface area contributed by atoms with Crippen molar-refractivity contribution in [2.24, 2.45) is 0 Å². The number of hydrogen-bond donors (Lipinski definition) is 1. The molecule has 1 N–H and O–H groups in total. The minimum absolute atomic E-state index is 0.103. The number of likely N-dealkylation sites (N-methyl/N-ethyl adjacent to an activating group) is 1. The number of rotatable bonds is 7. The number of carbonyl (C=O) groups excluding carboxylic acids is 1. The molecule has 29 heavy (non-hydrogen) atoms. The Morgan fingerprint density at radius 2 is 1.72 bits per heavy atom. The van der Waals surface area contributed by atoms with Gasteiger partial charge in [-0.05, 0) is 43.7 Å². The molecule has 1 heterocycles. The fourth-order valence-corrected chi connectivity index (χ4v) is 3.85. The predicted octanol–water partition coefficient (Wildman–Crippen LogP) is 2.90. The third-order valence-electron chi connectivity index (χ3n) is 4.45. The number of nitrogens with one attached hydrogen (secondary N) is 1. The van der Waals surface area contributed by atoms with Gasteiger partial charge in [0.25, 0.3) is 0 Å². The van der Waals surface area contributed by atoms with E-state index in [0.29, 0.717) is 12.3 Å². The van der Waals surface area contributed by atoms with Crippen LogP contribution < -0.4 is 5.32 Å². The monoisotopic (exact) mass is 413 g/mol. The van der Waals surface area contributed by atoms with Crippen molar-refractivity contribution in [1.29, 1.82) is 0 Å². The van der Waals surface area contributed by atoms with Crippen molar-refractivity contribution >= 4 is 15.9 Å². The van der Waals surface area contributed by atoms with Crippen molar-refractivity contribution in [1.82, 2.24) is 14.8 Å². The molecule has 0 fully saturated rings. The third kappa shape index (κ3) is 5.10. The molecule has 0 bridgehead atoms. The number of nitrogens with zero attached hydrogens (tertiary/aromatic N) is 2. The van der Waals surface area contributed by atoms with E-state index in [1.54, 1.807) is 18.2 Å². The van der Waals surface area contributed by atoms with Gasteiger partial charge in [0.05, 0.1) is 17.1 Å². The number of aromatic nitrogens is 1. The highest BCUT2D eigenvalue weighted by atomic mass is 32.2. The van der Waals surface area contributed by atoms with Crippen molar-refractivity contribution in [3.8, 4) is 11.3 Å². The number of aryl methyl sites for hydroxylation is 2. The van der Waals surface area contributed by atoms with Gasteiger partial charge in [-0.15, -0.1) is 0 Å². The van der Waals surface area contributed by atoms with Gasteiger partial charge in [0.15, 0.2) is 5.76 Å². The lowest BCUT2D eigenvalue weighted by Crippen LogP contribution is -2.38. The lowest BCUT2D eigenvalue weighted by molar-refractivity contribution is -0.121. The maximum absolute atomic E-state index is 12.7. The molecular formula is C21H23N3O4S. The highest BCUT2D eigenvalue weighted by molar-refractivity contribution is 7.89. The molecule has 8 heteroatoms. The minimum Gasteiger partial charge on any atom is -0.356 e. The van der Waals surface area contributed by atoms with Gasteiger partial charge in [0.1, 0.15) is 0 Å². The van der Waals surface area contributed by atoms with E-state index < -0.39 is 10.0 Å². The SMILES string of the molecule is Cc1ccc(CNC(=O)CN(C)S(=O)(=O)c2ccc(-c3cc(C)no3)cc2)cc1. The summed E-state index contributed by atoms with van der Waals surface area (Å²) in [4.78, 5) is 12.3. The van der Waals surface area contributed by atoms with Crippen LogP contribution in [0.2, 0.25) is 0 Å². The quantitative estimate of drug-likeness (QED) is 0.643. The van der Waals surface area contributed by atoms with Gasteiger partial charge in [-0.2, -0.15) is 4.31 Å². The molecule has 0 saturated heterocycles. The van der Waals surface area contributed by atoms with Crippen LogP contribution in [0.5, 0.6) is 0 Å². The summed E-state index contributed by atoms with van der Waals surface area (Å²) in [6.45, 7) is 3.88. The molecule has 0 aliphatic carbocycles. The van der Waals surface area contributed by atoms with E-state index in [1.807, 2.05) is 38.1 Å². The van der Waals surface area contributed by atoms with E-state index in [4.69, 9.17) is 4.52 Å². The lowest BCUT2D eigenvalue weighted by Gasteiger charge is -2.17. The van der Waals surface area contributed by atoms with Crippen molar-refractivity contribution in [3.63, 3.8) is 0 Å². The third-order valence-corrected chi connectivity index (χ3v) is 6.27. The molecule has 2 aromatic carbocycles. The Kier molecular flexibility index (Phi) is 6.14. The van der Waals surface area contributed by atoms with Gasteiger partial charge >= 0.3 is 0 Å². The smallest absolute Gasteiger partial charge is 0.243 e. The molecule has 1 aromatic heterocycles. The Morgan fingerprint density at radius 3 is 2.31 bits per heavy atom. The Hall–Kier alpha value is -2.97.